The van der Waals surface area contributed by atoms with Gasteiger partial charge in [-0.1, -0.05) is 36.4 Å². The van der Waals surface area contributed by atoms with Gasteiger partial charge in [0.2, 0.25) is 0 Å². The fourth-order valence-corrected chi connectivity index (χ4v) is 6.70. The van der Waals surface area contributed by atoms with Crippen molar-refractivity contribution in [1.29, 1.82) is 0 Å². The smallest absolute Gasteiger partial charge is 0.130 e. The molecule has 2 aliphatic rings. The largest absolute Gasteiger partial charge is 0.490 e. The fourth-order valence-electron chi connectivity index (χ4n) is 6.70. The molecule has 0 saturated carbocycles. The van der Waals surface area contributed by atoms with E-state index in [4.69, 9.17) is 48.4 Å². The number of fused-ring (bicyclic) bond motifs is 20. The van der Waals surface area contributed by atoms with E-state index in [-0.39, 0.29) is 0 Å². The number of pyridine rings is 4. The summed E-state index contributed by atoms with van der Waals surface area (Å²) in [5, 5.41) is 4.00. The number of hydrogen-bond acceptors (Lipinski definition) is 10. The molecule has 0 radical (unpaired) electrons. The molecule has 52 heavy (non-hydrogen) atoms. The molecule has 0 spiro atoms. The lowest BCUT2D eigenvalue weighted by Gasteiger charge is -2.13. The number of nitrogens with zero attached hydrogens (tertiary/aromatic N) is 4. The normalized spacial score (nSPS) is 15.9. The first kappa shape index (κ1) is 33.9. The van der Waals surface area contributed by atoms with Gasteiger partial charge in [0.05, 0.1) is 63.9 Å². The Bertz CT molecular complexity index is 2300. The Hall–Kier alpha value is -5.26. The van der Waals surface area contributed by atoms with E-state index in [0.29, 0.717) is 66.1 Å². The third-order valence-corrected chi connectivity index (χ3v) is 9.29. The predicted molar refractivity (Wildman–Crippen MR) is 201 cm³/mol. The van der Waals surface area contributed by atoms with Crippen LogP contribution in [0.4, 0.5) is 0 Å². The quantitative estimate of drug-likeness (QED) is 0.120. The Morgan fingerprint density at radius 2 is 0.808 bits per heavy atom. The standard InChI is InChI=1S/C42H40N4O6/c1-4-30-5-2-29(1)3-6-31-11-15-43-39-33(31)7-9-35-37(13-17-45-41(35)39)51-27-25-49-23-21-47-19-20-48-22-24-50-26-28-52-38-14-18-46-42-36(38)10-8-34-32(30)12-16-44-40(34)42/h1-2,4-5,7-18H,3,6,19-28H2. The number of benzene rings is 3. The summed E-state index contributed by atoms with van der Waals surface area (Å²) in [6, 6.07) is 25.2. The van der Waals surface area contributed by atoms with Crippen LogP contribution in [0.3, 0.4) is 0 Å². The van der Waals surface area contributed by atoms with Gasteiger partial charge in [-0.05, 0) is 71.5 Å². The topological polar surface area (TPSA) is 107 Å². The summed E-state index contributed by atoms with van der Waals surface area (Å²) in [4.78, 5) is 18.9. The zero-order valence-corrected chi connectivity index (χ0v) is 29.0. The van der Waals surface area contributed by atoms with Crippen LogP contribution in [0.25, 0.3) is 54.7 Å². The lowest BCUT2D eigenvalue weighted by atomic mass is 9.96. The summed E-state index contributed by atoms with van der Waals surface area (Å²) in [6.45, 7) is 4.62. The minimum Gasteiger partial charge on any atom is -0.490 e. The summed E-state index contributed by atoms with van der Waals surface area (Å²) in [5.74, 6) is 1.52. The molecule has 9 rings (SSSR count). The molecular formula is C42H40N4O6. The molecule has 0 atom stereocenters. The molecule has 0 amide bonds. The average Bonchev–Trinajstić information content (AvgIpc) is 3.19. The van der Waals surface area contributed by atoms with Crippen LogP contribution in [-0.2, 0) is 31.8 Å². The summed E-state index contributed by atoms with van der Waals surface area (Å²) in [7, 11) is 0. The van der Waals surface area contributed by atoms with E-state index in [1.165, 1.54) is 11.1 Å². The second-order valence-electron chi connectivity index (χ2n) is 12.5. The van der Waals surface area contributed by atoms with E-state index >= 15 is 0 Å². The molecule has 10 nitrogen and oxygen atoms in total. The first-order chi connectivity index (χ1) is 25.8. The summed E-state index contributed by atoms with van der Waals surface area (Å²) < 4.78 is 34.9. The zero-order chi connectivity index (χ0) is 35.0. The fraction of sp³-hybridized carbons (Fsp3) is 0.286. The molecule has 3 aromatic carbocycles. The molecule has 0 fully saturated rings. The van der Waals surface area contributed by atoms with Gasteiger partial charge in [-0.2, -0.15) is 0 Å². The minimum atomic E-state index is 0.413. The van der Waals surface area contributed by atoms with Crippen LogP contribution in [0, 0.1) is 0 Å². The van der Waals surface area contributed by atoms with Gasteiger partial charge in [-0.3, -0.25) is 19.9 Å². The molecule has 0 aliphatic carbocycles. The van der Waals surface area contributed by atoms with E-state index < -0.39 is 0 Å². The zero-order valence-electron chi connectivity index (χ0n) is 29.0. The van der Waals surface area contributed by atoms with E-state index in [9.17, 15) is 0 Å². The van der Waals surface area contributed by atoms with Crippen molar-refractivity contribution in [2.45, 2.75) is 12.8 Å². The predicted octanol–water partition coefficient (Wildman–Crippen LogP) is 7.17. The Morgan fingerprint density at radius 3 is 1.38 bits per heavy atom. The number of aryl methyl sites for hydroxylation is 2. The molecule has 10 heteroatoms. The van der Waals surface area contributed by atoms with Crippen molar-refractivity contribution < 1.29 is 28.4 Å². The molecule has 4 aromatic heterocycles. The van der Waals surface area contributed by atoms with E-state index in [2.05, 4.69) is 60.7 Å². The highest BCUT2D eigenvalue weighted by molar-refractivity contribution is 6.09. The van der Waals surface area contributed by atoms with Gasteiger partial charge in [0, 0.05) is 46.3 Å². The van der Waals surface area contributed by atoms with Crippen LogP contribution in [0.5, 0.6) is 11.5 Å². The van der Waals surface area contributed by atoms with Crippen molar-refractivity contribution in [1.82, 2.24) is 19.9 Å². The highest BCUT2D eigenvalue weighted by Gasteiger charge is 2.14. The molecule has 6 heterocycles. The van der Waals surface area contributed by atoms with Crippen molar-refractivity contribution in [3.05, 3.63) is 109 Å². The van der Waals surface area contributed by atoms with Crippen LogP contribution < -0.4 is 9.47 Å². The van der Waals surface area contributed by atoms with Crippen LogP contribution >= 0.6 is 0 Å². The van der Waals surface area contributed by atoms with Gasteiger partial charge in [-0.15, -0.1) is 0 Å². The highest BCUT2D eigenvalue weighted by Crippen LogP contribution is 2.35. The van der Waals surface area contributed by atoms with E-state index in [1.54, 1.807) is 12.4 Å². The molecule has 7 aromatic rings. The monoisotopic (exact) mass is 696 g/mol. The lowest BCUT2D eigenvalue weighted by molar-refractivity contribution is -0.00691. The van der Waals surface area contributed by atoms with Gasteiger partial charge in [0.25, 0.3) is 0 Å². The van der Waals surface area contributed by atoms with Crippen LogP contribution in [0.2, 0.25) is 0 Å². The summed E-state index contributed by atoms with van der Waals surface area (Å²) in [5.41, 5.74) is 8.10. The summed E-state index contributed by atoms with van der Waals surface area (Å²) in [6.07, 6.45) is 9.06. The maximum absolute atomic E-state index is 6.12. The van der Waals surface area contributed by atoms with Gasteiger partial charge in [0.15, 0.2) is 0 Å². The van der Waals surface area contributed by atoms with E-state index in [0.717, 1.165) is 79.1 Å². The molecule has 0 saturated heterocycles. The average molecular weight is 697 g/mol. The minimum absolute atomic E-state index is 0.413. The van der Waals surface area contributed by atoms with Gasteiger partial charge < -0.3 is 28.4 Å². The van der Waals surface area contributed by atoms with Crippen LogP contribution in [0.15, 0.2) is 97.6 Å². The maximum atomic E-state index is 6.12. The second kappa shape index (κ2) is 16.4. The molecule has 2 aliphatic heterocycles. The Kier molecular flexibility index (Phi) is 10.7. The van der Waals surface area contributed by atoms with Gasteiger partial charge in [-0.25, -0.2) is 0 Å². The highest BCUT2D eigenvalue weighted by atomic mass is 16.6. The number of ether oxygens (including phenoxy) is 6. The van der Waals surface area contributed by atoms with Crippen molar-refractivity contribution in [3.63, 3.8) is 0 Å². The first-order valence-electron chi connectivity index (χ1n) is 17.8. The van der Waals surface area contributed by atoms with Crippen LogP contribution in [0.1, 0.15) is 11.1 Å². The SMILES string of the molecule is c1cc2c3ccc4c(ccnc4c3n1)OCCOCCOCCOCCOCCOc1ccnc3c1ccc1c(ccnc13)-c1ccc(cc1)CC2. The Morgan fingerprint density at radius 1 is 0.365 bits per heavy atom. The lowest BCUT2D eigenvalue weighted by Crippen LogP contribution is -2.14. The second-order valence-corrected chi connectivity index (χ2v) is 12.5. The van der Waals surface area contributed by atoms with Gasteiger partial charge >= 0.3 is 0 Å². The molecule has 0 unspecified atom stereocenters. The van der Waals surface area contributed by atoms with E-state index in [1.807, 2.05) is 24.5 Å². The van der Waals surface area contributed by atoms with Crippen molar-refractivity contribution in [2.75, 3.05) is 66.1 Å². The number of aromatic nitrogens is 4. The molecule has 264 valence electrons. The third kappa shape index (κ3) is 7.51. The van der Waals surface area contributed by atoms with Crippen molar-refractivity contribution in [3.8, 4) is 22.6 Å². The Balaban J connectivity index is 1.05. The van der Waals surface area contributed by atoms with Crippen molar-refractivity contribution in [2.24, 2.45) is 0 Å². The number of rotatable bonds is 0. The third-order valence-electron chi connectivity index (χ3n) is 9.29. The number of hydrogen-bond donors (Lipinski definition) is 0. The van der Waals surface area contributed by atoms with Gasteiger partial charge in [0.1, 0.15) is 35.7 Å². The first-order valence-corrected chi connectivity index (χ1v) is 17.8. The molecular weight excluding hydrogens is 656 g/mol. The maximum Gasteiger partial charge on any atom is 0.130 e. The summed E-state index contributed by atoms with van der Waals surface area (Å²) >= 11 is 0. The van der Waals surface area contributed by atoms with Crippen LogP contribution in [-0.4, -0.2) is 86.0 Å². The molecule has 6 bridgehead atoms. The molecule has 0 N–H and O–H groups in total. The Labute approximate surface area is 301 Å². The van der Waals surface area contributed by atoms with Crippen molar-refractivity contribution >= 4 is 43.6 Å².